The molecule has 2 aromatic carbocycles. The number of benzene rings is 2. The van der Waals surface area contributed by atoms with E-state index in [0.717, 1.165) is 24.3 Å². The Balaban J connectivity index is 1.87. The Morgan fingerprint density at radius 2 is 1.09 bits per heavy atom. The summed E-state index contributed by atoms with van der Waals surface area (Å²) in [6, 6.07) is 13.3. The smallest absolute Gasteiger partial charge is 0.146 e. The minimum absolute atomic E-state index is 0.000703. The van der Waals surface area contributed by atoms with E-state index in [-0.39, 0.29) is 50.5 Å². The molecule has 43 heavy (non-hydrogen) atoms. The van der Waals surface area contributed by atoms with Gasteiger partial charge >= 0.3 is 0 Å². The van der Waals surface area contributed by atoms with Crippen LogP contribution in [0.4, 0.5) is 0 Å². The fourth-order valence-corrected chi connectivity index (χ4v) is 6.08. The molecule has 0 aromatic heterocycles. The van der Waals surface area contributed by atoms with Gasteiger partial charge in [-0.3, -0.25) is 0 Å². The highest BCUT2D eigenvalue weighted by Gasteiger charge is 2.30. The monoisotopic (exact) mass is 632 g/mol. The summed E-state index contributed by atoms with van der Waals surface area (Å²) >= 11 is 0. The number of rotatable bonds is 13. The molecule has 0 fully saturated rings. The molecule has 0 aliphatic carbocycles. The van der Waals surface area contributed by atoms with Gasteiger partial charge in [-0.1, -0.05) is 114 Å². The molecule has 0 N–H and O–H groups in total. The average Bonchev–Trinajstić information content (AvgIpc) is 2.86. The van der Waals surface area contributed by atoms with E-state index in [2.05, 4.69) is 140 Å². The molecule has 0 aliphatic heterocycles. The molecule has 4 nitrogen and oxygen atoms in total. The topological polar surface area (TPSA) is 36.9 Å². The zero-order valence-corrected chi connectivity index (χ0v) is 32.0. The van der Waals surface area contributed by atoms with Crippen molar-refractivity contribution in [2.45, 2.75) is 150 Å². The van der Waals surface area contributed by atoms with Gasteiger partial charge in [0, 0.05) is 0 Å². The fraction of sp³-hybridized carbons (Fsp3) is 0.676. The second kappa shape index (κ2) is 14.9. The van der Waals surface area contributed by atoms with Gasteiger partial charge in [0.25, 0.3) is 0 Å². The van der Waals surface area contributed by atoms with Gasteiger partial charge in [-0.25, -0.2) is 0 Å². The summed E-state index contributed by atoms with van der Waals surface area (Å²) in [6.07, 6.45) is 1.71. The van der Waals surface area contributed by atoms with Crippen LogP contribution in [0.2, 0.25) is 0 Å². The van der Waals surface area contributed by atoms with Gasteiger partial charge in [0.1, 0.15) is 22.7 Å². The lowest BCUT2D eigenvalue weighted by atomic mass is 9.80. The van der Waals surface area contributed by atoms with Crippen molar-refractivity contribution in [2.75, 3.05) is 13.2 Å². The molecule has 0 radical (unpaired) electrons. The average molecular weight is 633 g/mol. The van der Waals surface area contributed by atoms with Gasteiger partial charge in [-0.2, -0.15) is 0 Å². The van der Waals surface area contributed by atoms with Crippen molar-refractivity contribution in [3.05, 3.63) is 58.7 Å². The fourth-order valence-electron chi connectivity index (χ4n) is 4.56. The molecule has 0 heterocycles. The Bertz CT molecular complexity index is 1170. The highest BCUT2D eigenvalue weighted by molar-refractivity contribution is 7.34. The standard InChI is InChI=1S/C37H62O4P2/c1-16-37(15,41-32-21-19-28(34(6,7)8)25-30(32)36(12,13)14)43-39-23-17-22-38-42-26(2)40-31-20-18-27(33(3,4)5)24-29(31)35(9,10)11/h18-21,24-26,42-43H,16-17,22-23H2,1-15H3. The van der Waals surface area contributed by atoms with Crippen LogP contribution < -0.4 is 9.47 Å². The quantitative estimate of drug-likeness (QED) is 0.163. The molecule has 4 atom stereocenters. The maximum Gasteiger partial charge on any atom is 0.146 e. The van der Waals surface area contributed by atoms with E-state index in [0.29, 0.717) is 13.2 Å². The summed E-state index contributed by atoms with van der Waals surface area (Å²) in [4.78, 5) is 0. The zero-order chi connectivity index (χ0) is 32.9. The lowest BCUT2D eigenvalue weighted by Gasteiger charge is -2.33. The molecule has 4 unspecified atom stereocenters. The Morgan fingerprint density at radius 3 is 1.56 bits per heavy atom. The molecule has 2 rings (SSSR count). The van der Waals surface area contributed by atoms with Crippen LogP contribution in [0.1, 0.15) is 139 Å². The largest absolute Gasteiger partial charge is 0.484 e. The molecular formula is C37H62O4P2. The lowest BCUT2D eigenvalue weighted by Crippen LogP contribution is -2.28. The minimum atomic E-state index is -0.374. The number of hydrogen-bond donors (Lipinski definition) is 0. The molecule has 0 spiro atoms. The third-order valence-corrected chi connectivity index (χ3v) is 9.71. The van der Waals surface area contributed by atoms with Crippen LogP contribution in [-0.2, 0) is 30.7 Å². The molecule has 0 saturated carbocycles. The second-order valence-electron chi connectivity index (χ2n) is 16.1. The maximum absolute atomic E-state index is 6.69. The number of hydrogen-bond acceptors (Lipinski definition) is 4. The lowest BCUT2D eigenvalue weighted by molar-refractivity contribution is 0.155. The van der Waals surface area contributed by atoms with E-state index >= 15 is 0 Å². The molecule has 0 amide bonds. The van der Waals surface area contributed by atoms with Crippen LogP contribution in [0.25, 0.3) is 0 Å². The Hall–Kier alpha value is -1.18. The van der Waals surface area contributed by atoms with Gasteiger partial charge in [0.05, 0.1) is 30.8 Å². The van der Waals surface area contributed by atoms with Crippen LogP contribution in [0.15, 0.2) is 36.4 Å². The van der Waals surface area contributed by atoms with Crippen molar-refractivity contribution >= 4 is 17.6 Å². The van der Waals surface area contributed by atoms with E-state index in [1.54, 1.807) is 0 Å². The minimum Gasteiger partial charge on any atom is -0.484 e. The van der Waals surface area contributed by atoms with E-state index in [9.17, 15) is 0 Å². The van der Waals surface area contributed by atoms with E-state index in [1.165, 1.54) is 22.3 Å². The first-order chi connectivity index (χ1) is 19.6. The molecule has 2 aromatic rings. The summed E-state index contributed by atoms with van der Waals surface area (Å²) < 4.78 is 25.2. The molecular weight excluding hydrogens is 570 g/mol. The van der Waals surface area contributed by atoms with Crippen molar-refractivity contribution in [3.63, 3.8) is 0 Å². The second-order valence-corrected chi connectivity index (χ2v) is 19.0. The Kier molecular flexibility index (Phi) is 13.2. The highest BCUT2D eigenvalue weighted by Crippen LogP contribution is 2.43. The van der Waals surface area contributed by atoms with Crippen LogP contribution in [0.3, 0.4) is 0 Å². The Labute approximate surface area is 268 Å². The third-order valence-electron chi connectivity index (χ3n) is 7.65. The molecule has 0 aliphatic rings. The van der Waals surface area contributed by atoms with Gasteiger partial charge in [0.15, 0.2) is 0 Å². The predicted octanol–water partition coefficient (Wildman–Crippen LogP) is 11.4. The zero-order valence-electron chi connectivity index (χ0n) is 30.0. The first-order valence-corrected chi connectivity index (χ1v) is 17.9. The first kappa shape index (κ1) is 38.0. The van der Waals surface area contributed by atoms with Crippen molar-refractivity contribution in [1.29, 1.82) is 0 Å². The SMILES string of the molecule is CCC(C)(Oc1ccc(C(C)(C)C)cc1C(C)(C)C)POCCCOPC(C)Oc1ccc(C(C)(C)C)cc1C(C)(C)C. The number of ether oxygens (including phenoxy) is 2. The summed E-state index contributed by atoms with van der Waals surface area (Å²) in [5, 5.41) is -0.374. The summed E-state index contributed by atoms with van der Waals surface area (Å²) in [5.41, 5.74) is 5.33. The van der Waals surface area contributed by atoms with Crippen LogP contribution in [0.5, 0.6) is 11.5 Å². The summed E-state index contributed by atoms with van der Waals surface area (Å²) in [7, 11) is 0.511. The molecule has 0 saturated heterocycles. The van der Waals surface area contributed by atoms with Crippen LogP contribution in [-0.4, -0.2) is 24.4 Å². The van der Waals surface area contributed by atoms with Gasteiger partial charge in [0.2, 0.25) is 0 Å². The van der Waals surface area contributed by atoms with E-state index < -0.39 is 0 Å². The maximum atomic E-state index is 6.69. The van der Waals surface area contributed by atoms with Crippen molar-refractivity contribution < 1.29 is 18.5 Å². The molecule has 0 bridgehead atoms. The van der Waals surface area contributed by atoms with E-state index in [1.807, 2.05) is 0 Å². The Morgan fingerprint density at radius 1 is 0.628 bits per heavy atom. The van der Waals surface area contributed by atoms with Crippen LogP contribution >= 0.6 is 17.6 Å². The van der Waals surface area contributed by atoms with E-state index in [4.69, 9.17) is 18.5 Å². The van der Waals surface area contributed by atoms with Gasteiger partial charge in [-0.15, -0.1) is 0 Å². The highest BCUT2D eigenvalue weighted by atomic mass is 31.1. The third kappa shape index (κ3) is 11.9. The summed E-state index contributed by atoms with van der Waals surface area (Å²) in [6.45, 7) is 34.7. The van der Waals surface area contributed by atoms with Gasteiger partial charge in [-0.05, 0) is 82.7 Å². The van der Waals surface area contributed by atoms with Crippen molar-refractivity contribution in [1.82, 2.24) is 0 Å². The first-order valence-electron chi connectivity index (χ1n) is 16.0. The van der Waals surface area contributed by atoms with Gasteiger partial charge < -0.3 is 18.5 Å². The summed E-state index contributed by atoms with van der Waals surface area (Å²) in [5.74, 6) is 1.90. The van der Waals surface area contributed by atoms with Crippen molar-refractivity contribution in [3.8, 4) is 11.5 Å². The van der Waals surface area contributed by atoms with Crippen molar-refractivity contribution in [2.24, 2.45) is 0 Å². The predicted molar refractivity (Wildman–Crippen MR) is 190 cm³/mol. The normalized spacial score (nSPS) is 15.8. The van der Waals surface area contributed by atoms with Crippen LogP contribution in [0, 0.1) is 0 Å². The molecule has 6 heteroatoms. The molecule has 244 valence electrons.